The van der Waals surface area contributed by atoms with Gasteiger partial charge in [-0.2, -0.15) is 0 Å². The fourth-order valence-electron chi connectivity index (χ4n) is 4.68. The molecule has 0 amide bonds. The molecular weight excluding hydrogens is 578 g/mol. The van der Waals surface area contributed by atoms with Crippen LogP contribution in [0.4, 0.5) is 8.78 Å². The zero-order chi connectivity index (χ0) is 28.3. The molecule has 0 saturated heterocycles. The van der Waals surface area contributed by atoms with Crippen molar-refractivity contribution in [2.24, 2.45) is 10.9 Å². The Labute approximate surface area is 232 Å². The van der Waals surface area contributed by atoms with Crippen molar-refractivity contribution in [3.05, 3.63) is 62.2 Å². The third kappa shape index (κ3) is 6.62. The Bertz CT molecular complexity index is 1420. The summed E-state index contributed by atoms with van der Waals surface area (Å²) < 4.78 is 60.0. The highest BCUT2D eigenvalue weighted by molar-refractivity contribution is 7.89. The van der Waals surface area contributed by atoms with Gasteiger partial charge in [-0.25, -0.2) is 31.7 Å². The van der Waals surface area contributed by atoms with E-state index in [1.807, 2.05) is 0 Å². The summed E-state index contributed by atoms with van der Waals surface area (Å²) in [6.07, 6.45) is 2.94. The SMILES string of the molecule is COC(=O)CCS(=O)(=O)NC1CCC(C2=C(C(=O)O)C(c3ccc(F)c(F)c3Cl)N=C(c3nccs3)N2)CC1. The number of rotatable bonds is 9. The van der Waals surface area contributed by atoms with Gasteiger partial charge in [0.25, 0.3) is 0 Å². The predicted octanol–water partition coefficient (Wildman–Crippen LogP) is 3.55. The maximum absolute atomic E-state index is 14.4. The molecule has 1 aliphatic carbocycles. The number of allylic oxidation sites excluding steroid dienone is 1. The van der Waals surface area contributed by atoms with Crippen LogP contribution >= 0.6 is 22.9 Å². The number of thiazole rings is 1. The van der Waals surface area contributed by atoms with E-state index in [1.165, 1.54) is 24.5 Å². The number of hydrogen-bond donors (Lipinski definition) is 3. The molecule has 1 aliphatic heterocycles. The summed E-state index contributed by atoms with van der Waals surface area (Å²) >= 11 is 7.37. The van der Waals surface area contributed by atoms with E-state index >= 15 is 0 Å². The Morgan fingerprint density at radius 3 is 2.59 bits per heavy atom. The summed E-state index contributed by atoms with van der Waals surface area (Å²) in [5, 5.41) is 14.9. The Morgan fingerprint density at radius 2 is 1.97 bits per heavy atom. The van der Waals surface area contributed by atoms with Gasteiger partial charge in [0.2, 0.25) is 10.0 Å². The molecule has 0 bridgehead atoms. The Balaban J connectivity index is 1.62. The Kier molecular flexibility index (Phi) is 8.99. The number of esters is 1. The van der Waals surface area contributed by atoms with Gasteiger partial charge in [-0.15, -0.1) is 11.3 Å². The summed E-state index contributed by atoms with van der Waals surface area (Å²) in [5.74, 6) is -4.88. The standard InChI is InChI=1S/C24H25ClF2N4O6S2/c1-37-16(32)8-11-39(35,36)31-13-4-2-12(3-5-13)20-17(24(33)34)21(14-6-7-15(26)19(27)18(14)25)30-22(29-20)23-28-9-10-38-23/h6-7,9-10,12-13,21,31H,2-5,8,11H2,1H3,(H,29,30)(H,33,34). The number of carboxylic acids is 1. The minimum Gasteiger partial charge on any atom is -0.478 e. The minimum atomic E-state index is -3.73. The lowest BCUT2D eigenvalue weighted by atomic mass is 9.80. The van der Waals surface area contributed by atoms with Gasteiger partial charge in [0.1, 0.15) is 6.04 Å². The second-order valence-electron chi connectivity index (χ2n) is 9.05. The number of halogens is 3. The number of aliphatic imine (C=N–C) groups is 1. The van der Waals surface area contributed by atoms with E-state index in [-0.39, 0.29) is 29.3 Å². The molecule has 1 fully saturated rings. The largest absolute Gasteiger partial charge is 0.478 e. The molecule has 0 spiro atoms. The molecule has 2 heterocycles. The molecule has 2 aliphatic rings. The lowest BCUT2D eigenvalue weighted by Crippen LogP contribution is -2.42. The third-order valence-electron chi connectivity index (χ3n) is 6.58. The molecule has 1 aromatic carbocycles. The van der Waals surface area contributed by atoms with Crippen LogP contribution in [0.5, 0.6) is 0 Å². The van der Waals surface area contributed by atoms with Crippen molar-refractivity contribution in [1.82, 2.24) is 15.0 Å². The van der Waals surface area contributed by atoms with Crippen LogP contribution in [-0.2, 0) is 24.3 Å². The van der Waals surface area contributed by atoms with Crippen molar-refractivity contribution in [1.29, 1.82) is 0 Å². The van der Waals surface area contributed by atoms with Crippen LogP contribution in [0.2, 0.25) is 5.02 Å². The van der Waals surface area contributed by atoms with Crippen LogP contribution in [0.15, 0.2) is 40.0 Å². The average Bonchev–Trinajstić information content (AvgIpc) is 3.45. The normalized spacial score (nSPS) is 21.7. The van der Waals surface area contributed by atoms with E-state index < -0.39 is 56.5 Å². The zero-order valence-corrected chi connectivity index (χ0v) is 23.0. The highest BCUT2D eigenvalue weighted by Gasteiger charge is 2.38. The van der Waals surface area contributed by atoms with Crippen LogP contribution < -0.4 is 10.0 Å². The number of nitrogens with zero attached hydrogens (tertiary/aromatic N) is 2. The molecule has 15 heteroatoms. The summed E-state index contributed by atoms with van der Waals surface area (Å²) in [5.41, 5.74) is 0.166. The van der Waals surface area contributed by atoms with Crippen molar-refractivity contribution in [2.45, 2.75) is 44.2 Å². The number of benzene rings is 1. The fraction of sp³-hybridized carbons (Fsp3) is 0.417. The van der Waals surface area contributed by atoms with Gasteiger partial charge in [0.15, 0.2) is 22.5 Å². The number of carboxylic acid groups (broad SMARTS) is 1. The third-order valence-corrected chi connectivity index (χ3v) is 9.18. The number of ether oxygens (including phenoxy) is 1. The topological polar surface area (TPSA) is 147 Å². The van der Waals surface area contributed by atoms with E-state index in [0.29, 0.717) is 36.4 Å². The minimum absolute atomic E-state index is 0.00641. The van der Waals surface area contributed by atoms with Crippen molar-refractivity contribution in [2.75, 3.05) is 12.9 Å². The second-order valence-corrected chi connectivity index (χ2v) is 12.2. The number of carbonyl (C=O) groups excluding carboxylic acids is 1. The van der Waals surface area contributed by atoms with Gasteiger partial charge in [0, 0.05) is 28.9 Å². The number of sulfonamides is 1. The van der Waals surface area contributed by atoms with Gasteiger partial charge < -0.3 is 15.2 Å². The molecule has 1 atom stereocenters. The molecule has 39 heavy (non-hydrogen) atoms. The quantitative estimate of drug-likeness (QED) is 0.292. The summed E-state index contributed by atoms with van der Waals surface area (Å²) in [4.78, 5) is 32.6. The first-order valence-electron chi connectivity index (χ1n) is 11.9. The van der Waals surface area contributed by atoms with E-state index in [9.17, 15) is 31.9 Å². The first-order chi connectivity index (χ1) is 18.5. The second kappa shape index (κ2) is 12.1. The number of methoxy groups -OCH3 is 1. The number of amidine groups is 1. The molecular formula is C24H25ClF2N4O6S2. The van der Waals surface area contributed by atoms with Crippen molar-refractivity contribution < 1.29 is 36.6 Å². The summed E-state index contributed by atoms with van der Waals surface area (Å²) in [6, 6.07) is 0.438. The zero-order valence-electron chi connectivity index (χ0n) is 20.6. The molecule has 3 N–H and O–H groups in total. The number of nitrogens with one attached hydrogen (secondary N) is 2. The Hall–Kier alpha value is -2.94. The molecule has 1 unspecified atom stereocenters. The maximum atomic E-state index is 14.4. The van der Waals surface area contributed by atoms with Gasteiger partial charge >= 0.3 is 11.9 Å². The van der Waals surface area contributed by atoms with Gasteiger partial charge in [0.05, 0.1) is 29.9 Å². The monoisotopic (exact) mass is 602 g/mol. The van der Waals surface area contributed by atoms with Gasteiger partial charge in [-0.3, -0.25) is 9.79 Å². The summed E-state index contributed by atoms with van der Waals surface area (Å²) in [7, 11) is -2.55. The number of carbonyl (C=O) groups is 2. The van der Waals surface area contributed by atoms with Crippen LogP contribution in [0.3, 0.4) is 0 Å². The van der Waals surface area contributed by atoms with E-state index in [0.717, 1.165) is 6.07 Å². The smallest absolute Gasteiger partial charge is 0.335 e. The first-order valence-corrected chi connectivity index (χ1v) is 14.8. The van der Waals surface area contributed by atoms with Gasteiger partial charge in [-0.1, -0.05) is 17.7 Å². The van der Waals surface area contributed by atoms with Gasteiger partial charge in [-0.05, 0) is 37.7 Å². The van der Waals surface area contributed by atoms with Crippen molar-refractivity contribution in [3.8, 4) is 0 Å². The summed E-state index contributed by atoms with van der Waals surface area (Å²) in [6.45, 7) is 0. The van der Waals surface area contributed by atoms with Crippen LogP contribution in [0.25, 0.3) is 0 Å². The van der Waals surface area contributed by atoms with E-state index in [2.05, 4.69) is 24.8 Å². The lowest BCUT2D eigenvalue weighted by Gasteiger charge is -2.35. The maximum Gasteiger partial charge on any atom is 0.335 e. The fourth-order valence-corrected chi connectivity index (χ4v) is 6.82. The highest BCUT2D eigenvalue weighted by atomic mass is 35.5. The molecule has 4 rings (SSSR count). The number of aliphatic carboxylic acids is 1. The van der Waals surface area contributed by atoms with Crippen LogP contribution in [0.1, 0.15) is 48.7 Å². The van der Waals surface area contributed by atoms with Crippen LogP contribution in [0, 0.1) is 17.6 Å². The molecule has 10 nitrogen and oxygen atoms in total. The average molecular weight is 603 g/mol. The highest BCUT2D eigenvalue weighted by Crippen LogP contribution is 2.41. The van der Waals surface area contributed by atoms with E-state index in [1.54, 1.807) is 11.6 Å². The Morgan fingerprint density at radius 1 is 1.26 bits per heavy atom. The van der Waals surface area contributed by atoms with E-state index in [4.69, 9.17) is 11.6 Å². The molecule has 2 aromatic rings. The lowest BCUT2D eigenvalue weighted by molar-refractivity contribution is -0.140. The number of hydrogen-bond acceptors (Lipinski definition) is 9. The molecule has 1 aromatic heterocycles. The first kappa shape index (κ1) is 29.1. The van der Waals surface area contributed by atoms with Crippen LogP contribution in [-0.4, -0.2) is 55.2 Å². The number of aromatic nitrogens is 1. The van der Waals surface area contributed by atoms with Crippen molar-refractivity contribution >= 4 is 50.7 Å². The molecule has 210 valence electrons. The molecule has 1 saturated carbocycles. The molecule has 0 radical (unpaired) electrons. The predicted molar refractivity (Wildman–Crippen MR) is 140 cm³/mol. The van der Waals surface area contributed by atoms with Crippen molar-refractivity contribution in [3.63, 3.8) is 0 Å².